The van der Waals surface area contributed by atoms with Crippen molar-refractivity contribution in [3.8, 4) is 23.0 Å². The van der Waals surface area contributed by atoms with Crippen LogP contribution < -0.4 is 18.9 Å². The summed E-state index contributed by atoms with van der Waals surface area (Å²) in [6, 6.07) is 42.5. The third kappa shape index (κ3) is 9.99. The summed E-state index contributed by atoms with van der Waals surface area (Å²) in [5.74, 6) is 1.27. The van der Waals surface area contributed by atoms with Crippen molar-refractivity contribution in [2.24, 2.45) is 0 Å². The average Bonchev–Trinajstić information content (AvgIpc) is 3.20. The Bertz CT molecular complexity index is 2160. The van der Waals surface area contributed by atoms with Gasteiger partial charge >= 0.3 is 11.9 Å². The van der Waals surface area contributed by atoms with Crippen LogP contribution >= 0.6 is 11.8 Å². The minimum absolute atomic E-state index is 0.00181. The first kappa shape index (κ1) is 36.6. The van der Waals surface area contributed by atoms with E-state index in [0.29, 0.717) is 23.0 Å². The van der Waals surface area contributed by atoms with Gasteiger partial charge < -0.3 is 28.4 Å². The summed E-state index contributed by atoms with van der Waals surface area (Å²) in [6.07, 6.45) is 0.730. The standard InChI is InChI=1S/C44H38O8S/c1-3-41(45)51-33(27-47-31-16-8-5-9-17-31)29-49-43-37-22-14-15-23-38(37)44(40-26-36(24-25-39(40)43)53-35-20-12-7-13-21-35)50-30-34(52-42(46)4-2)28-48-32-18-10-6-11-19-32/h3-26,33-34H,1-2,27-30H2. The van der Waals surface area contributed by atoms with E-state index in [1.807, 2.05) is 115 Å². The fourth-order valence-corrected chi connectivity index (χ4v) is 6.38. The first-order valence-electron chi connectivity index (χ1n) is 17.0. The molecule has 0 amide bonds. The SMILES string of the molecule is C=CC(=O)OC(COc1ccccc1)COc1c2ccccc2c(OCC(COc2ccccc2)OC(=O)C=C)c2cc(Sc3ccccc3)ccc12. The van der Waals surface area contributed by atoms with Gasteiger partial charge in [-0.05, 0) is 54.6 Å². The maximum absolute atomic E-state index is 12.4. The summed E-state index contributed by atoms with van der Waals surface area (Å²) >= 11 is 1.62. The molecule has 6 aromatic carbocycles. The zero-order valence-electron chi connectivity index (χ0n) is 28.9. The molecule has 8 nitrogen and oxygen atoms in total. The Morgan fingerprint density at radius 3 is 1.40 bits per heavy atom. The quantitative estimate of drug-likeness (QED) is 0.0489. The van der Waals surface area contributed by atoms with E-state index in [1.54, 1.807) is 11.8 Å². The molecule has 0 aromatic heterocycles. The summed E-state index contributed by atoms with van der Waals surface area (Å²) in [6.45, 7) is 7.22. The van der Waals surface area contributed by atoms with Gasteiger partial charge in [-0.2, -0.15) is 0 Å². The van der Waals surface area contributed by atoms with Crippen LogP contribution in [0.5, 0.6) is 23.0 Å². The van der Waals surface area contributed by atoms with Gasteiger partial charge in [-0.1, -0.05) is 104 Å². The second kappa shape index (κ2) is 18.3. The van der Waals surface area contributed by atoms with Crippen LogP contribution in [0.4, 0.5) is 0 Å². The van der Waals surface area contributed by atoms with Gasteiger partial charge in [-0.3, -0.25) is 0 Å². The molecule has 0 fully saturated rings. The van der Waals surface area contributed by atoms with E-state index >= 15 is 0 Å². The van der Waals surface area contributed by atoms with Crippen LogP contribution in [0.3, 0.4) is 0 Å². The number of para-hydroxylation sites is 2. The molecule has 0 saturated heterocycles. The zero-order chi connectivity index (χ0) is 36.8. The normalized spacial score (nSPS) is 11.9. The van der Waals surface area contributed by atoms with Gasteiger partial charge in [-0.15, -0.1) is 0 Å². The molecule has 0 saturated carbocycles. The van der Waals surface area contributed by atoms with Crippen molar-refractivity contribution in [3.63, 3.8) is 0 Å². The number of esters is 2. The van der Waals surface area contributed by atoms with Gasteiger partial charge in [0.05, 0.1) is 0 Å². The third-order valence-corrected chi connectivity index (χ3v) is 8.96. The molecule has 0 aliphatic carbocycles. The number of fused-ring (bicyclic) bond motifs is 2. The van der Waals surface area contributed by atoms with Crippen molar-refractivity contribution in [3.05, 3.63) is 159 Å². The fourth-order valence-electron chi connectivity index (χ4n) is 5.50. The van der Waals surface area contributed by atoms with Crippen LogP contribution in [0.1, 0.15) is 0 Å². The van der Waals surface area contributed by atoms with Crippen LogP contribution in [0.25, 0.3) is 21.5 Å². The molecule has 0 aliphatic rings. The van der Waals surface area contributed by atoms with E-state index in [0.717, 1.165) is 43.5 Å². The van der Waals surface area contributed by atoms with Crippen molar-refractivity contribution in [2.75, 3.05) is 26.4 Å². The van der Waals surface area contributed by atoms with Gasteiger partial charge in [0.15, 0.2) is 12.2 Å². The molecule has 0 N–H and O–H groups in total. The Labute approximate surface area is 312 Å². The van der Waals surface area contributed by atoms with Crippen molar-refractivity contribution in [1.29, 1.82) is 0 Å². The second-order valence-electron chi connectivity index (χ2n) is 11.7. The summed E-state index contributed by atoms with van der Waals surface area (Å²) in [7, 11) is 0. The number of carbonyl (C=O) groups is 2. The average molecular weight is 727 g/mol. The Morgan fingerprint density at radius 2 is 0.906 bits per heavy atom. The molecule has 6 rings (SSSR count). The first-order chi connectivity index (χ1) is 26.0. The van der Waals surface area contributed by atoms with Crippen molar-refractivity contribution in [1.82, 2.24) is 0 Å². The lowest BCUT2D eigenvalue weighted by molar-refractivity contribution is -0.147. The summed E-state index contributed by atoms with van der Waals surface area (Å²) in [5, 5.41) is 3.10. The Kier molecular flexibility index (Phi) is 12.7. The molecule has 0 bridgehead atoms. The molecule has 268 valence electrons. The minimum atomic E-state index is -0.753. The number of carbonyl (C=O) groups excluding carboxylic acids is 2. The second-order valence-corrected chi connectivity index (χ2v) is 12.9. The highest BCUT2D eigenvalue weighted by molar-refractivity contribution is 7.99. The van der Waals surface area contributed by atoms with E-state index < -0.39 is 24.1 Å². The molecular formula is C44H38O8S. The van der Waals surface area contributed by atoms with E-state index in [-0.39, 0.29) is 26.4 Å². The van der Waals surface area contributed by atoms with Crippen LogP contribution in [0.15, 0.2) is 169 Å². The van der Waals surface area contributed by atoms with E-state index in [1.165, 1.54) is 0 Å². The fraction of sp³-hybridized carbons (Fsp3) is 0.136. The van der Waals surface area contributed by atoms with Gasteiger partial charge in [-0.25, -0.2) is 9.59 Å². The molecule has 2 unspecified atom stereocenters. The molecule has 0 radical (unpaired) electrons. The first-order valence-corrected chi connectivity index (χ1v) is 17.8. The van der Waals surface area contributed by atoms with E-state index in [2.05, 4.69) is 31.4 Å². The van der Waals surface area contributed by atoms with E-state index in [9.17, 15) is 9.59 Å². The van der Waals surface area contributed by atoms with E-state index in [4.69, 9.17) is 28.4 Å². The zero-order valence-corrected chi connectivity index (χ0v) is 29.7. The molecule has 0 spiro atoms. The Balaban J connectivity index is 1.36. The van der Waals surface area contributed by atoms with Gasteiger partial charge in [0, 0.05) is 43.5 Å². The molecule has 2 atom stereocenters. The molecule has 9 heteroatoms. The lowest BCUT2D eigenvalue weighted by atomic mass is 10.0. The van der Waals surface area contributed by atoms with Gasteiger partial charge in [0.2, 0.25) is 0 Å². The molecule has 0 heterocycles. The lowest BCUT2D eigenvalue weighted by Crippen LogP contribution is -2.31. The largest absolute Gasteiger partial charge is 0.490 e. The number of hydrogen-bond acceptors (Lipinski definition) is 9. The maximum atomic E-state index is 12.4. The summed E-state index contributed by atoms with van der Waals surface area (Å²) in [5.41, 5.74) is 0. The van der Waals surface area contributed by atoms with Crippen LogP contribution in [-0.4, -0.2) is 50.6 Å². The Hall–Kier alpha value is -6.19. The maximum Gasteiger partial charge on any atom is 0.330 e. The van der Waals surface area contributed by atoms with Crippen molar-refractivity contribution >= 4 is 45.2 Å². The van der Waals surface area contributed by atoms with Crippen LogP contribution in [0, 0.1) is 0 Å². The highest BCUT2D eigenvalue weighted by Gasteiger charge is 2.23. The van der Waals surface area contributed by atoms with Crippen molar-refractivity contribution < 1.29 is 38.0 Å². The monoisotopic (exact) mass is 726 g/mol. The highest BCUT2D eigenvalue weighted by Crippen LogP contribution is 2.45. The summed E-state index contributed by atoms with van der Waals surface area (Å²) in [4.78, 5) is 26.7. The molecular weight excluding hydrogens is 689 g/mol. The number of rotatable bonds is 18. The lowest BCUT2D eigenvalue weighted by Gasteiger charge is -2.23. The van der Waals surface area contributed by atoms with Gasteiger partial charge in [0.1, 0.15) is 49.4 Å². The number of hydrogen-bond donors (Lipinski definition) is 0. The number of ether oxygens (including phenoxy) is 6. The third-order valence-electron chi connectivity index (χ3n) is 7.96. The van der Waals surface area contributed by atoms with Gasteiger partial charge in [0.25, 0.3) is 0 Å². The van der Waals surface area contributed by atoms with Crippen LogP contribution in [0.2, 0.25) is 0 Å². The summed E-state index contributed by atoms with van der Waals surface area (Å²) < 4.78 is 36.4. The number of benzene rings is 6. The Morgan fingerprint density at radius 1 is 0.491 bits per heavy atom. The van der Waals surface area contributed by atoms with Crippen molar-refractivity contribution in [2.45, 2.75) is 22.0 Å². The highest BCUT2D eigenvalue weighted by atomic mass is 32.2. The minimum Gasteiger partial charge on any atom is -0.490 e. The molecule has 53 heavy (non-hydrogen) atoms. The smallest absolute Gasteiger partial charge is 0.330 e. The topological polar surface area (TPSA) is 89.5 Å². The molecule has 6 aromatic rings. The predicted octanol–water partition coefficient (Wildman–Crippen LogP) is 9.26. The molecule has 0 aliphatic heterocycles. The van der Waals surface area contributed by atoms with Crippen LogP contribution in [-0.2, 0) is 19.1 Å². The predicted molar refractivity (Wildman–Crippen MR) is 207 cm³/mol.